The number of carbonyl (C=O) groups is 1. The van der Waals surface area contributed by atoms with Crippen LogP contribution in [0.5, 0.6) is 5.75 Å². The molecule has 0 amide bonds. The molecule has 3 aromatic rings. The van der Waals surface area contributed by atoms with Gasteiger partial charge in [-0.05, 0) is 71.0 Å². The fourth-order valence-corrected chi connectivity index (χ4v) is 4.18. The van der Waals surface area contributed by atoms with Crippen LogP contribution in [0.4, 0.5) is 0 Å². The largest absolute Gasteiger partial charge is 0.490 e. The number of carboxylic acids is 1. The van der Waals surface area contributed by atoms with Crippen molar-refractivity contribution in [1.29, 1.82) is 0 Å². The zero-order chi connectivity index (χ0) is 23.2. The highest BCUT2D eigenvalue weighted by molar-refractivity contribution is 5.97. The Morgan fingerprint density at radius 2 is 1.61 bits per heavy atom. The van der Waals surface area contributed by atoms with E-state index in [-0.39, 0.29) is 0 Å². The molecule has 1 aliphatic carbocycles. The summed E-state index contributed by atoms with van der Waals surface area (Å²) in [7, 11) is 0. The molecule has 0 saturated carbocycles. The van der Waals surface area contributed by atoms with Gasteiger partial charge < -0.3 is 14.6 Å². The molecule has 0 heterocycles. The van der Waals surface area contributed by atoms with Crippen LogP contribution >= 0.6 is 0 Å². The minimum absolute atomic E-state index is 0.327. The van der Waals surface area contributed by atoms with E-state index in [4.69, 9.17) is 9.47 Å². The standard InChI is InChI=1S/C29H28O4/c1-3-32-28(29(30)31)19-21-12-14-23(15-13-21)33-17-16-27-25-10-5-4-8-22(25)18-20(2)24-9-6-7-11-26(24)27/h4-16,18,28H,3,17,19H2,1-2H3,(H,30,31). The van der Waals surface area contributed by atoms with Crippen molar-refractivity contribution in [2.75, 3.05) is 13.2 Å². The number of benzene rings is 3. The third-order valence-corrected chi connectivity index (χ3v) is 5.79. The Morgan fingerprint density at radius 1 is 0.939 bits per heavy atom. The van der Waals surface area contributed by atoms with E-state index in [1.54, 1.807) is 6.92 Å². The Bertz CT molecular complexity index is 1190. The molecule has 1 atom stereocenters. The van der Waals surface area contributed by atoms with Crippen LogP contribution in [-0.4, -0.2) is 30.4 Å². The van der Waals surface area contributed by atoms with Crippen LogP contribution in [0.3, 0.4) is 0 Å². The van der Waals surface area contributed by atoms with Gasteiger partial charge in [-0.1, -0.05) is 66.7 Å². The number of hydrogen-bond donors (Lipinski definition) is 1. The summed E-state index contributed by atoms with van der Waals surface area (Å²) in [6.07, 6.45) is 3.86. The van der Waals surface area contributed by atoms with Gasteiger partial charge in [-0.3, -0.25) is 0 Å². The summed E-state index contributed by atoms with van der Waals surface area (Å²) in [6, 6.07) is 24.4. The molecule has 0 radical (unpaired) electrons. The van der Waals surface area contributed by atoms with Crippen LogP contribution in [0.1, 0.15) is 41.7 Å². The first kappa shape index (κ1) is 22.6. The van der Waals surface area contributed by atoms with Gasteiger partial charge >= 0.3 is 5.97 Å². The number of rotatable bonds is 8. The van der Waals surface area contributed by atoms with Gasteiger partial charge in [0, 0.05) is 13.0 Å². The summed E-state index contributed by atoms with van der Waals surface area (Å²) in [6.45, 7) is 4.74. The second-order valence-corrected chi connectivity index (χ2v) is 8.02. The van der Waals surface area contributed by atoms with E-state index in [1.165, 1.54) is 27.8 Å². The maximum atomic E-state index is 11.3. The summed E-state index contributed by atoms with van der Waals surface area (Å²) in [5.41, 5.74) is 8.11. The average Bonchev–Trinajstić information content (AvgIpc) is 2.94. The van der Waals surface area contributed by atoms with E-state index in [1.807, 2.05) is 24.3 Å². The van der Waals surface area contributed by atoms with Gasteiger partial charge in [0.1, 0.15) is 12.4 Å². The average molecular weight is 441 g/mol. The summed E-state index contributed by atoms with van der Waals surface area (Å²) >= 11 is 0. The molecule has 1 N–H and O–H groups in total. The summed E-state index contributed by atoms with van der Waals surface area (Å²) < 4.78 is 11.3. The number of ether oxygens (including phenoxy) is 2. The van der Waals surface area contributed by atoms with Gasteiger partial charge in [-0.15, -0.1) is 0 Å². The smallest absolute Gasteiger partial charge is 0.333 e. The van der Waals surface area contributed by atoms with Crippen molar-refractivity contribution in [3.05, 3.63) is 107 Å². The van der Waals surface area contributed by atoms with Crippen LogP contribution in [0.25, 0.3) is 17.2 Å². The lowest BCUT2D eigenvalue weighted by atomic mass is 9.92. The van der Waals surface area contributed by atoms with Crippen LogP contribution in [-0.2, 0) is 16.0 Å². The predicted octanol–water partition coefficient (Wildman–Crippen LogP) is 6.10. The van der Waals surface area contributed by atoms with Crippen molar-refractivity contribution < 1.29 is 19.4 Å². The van der Waals surface area contributed by atoms with Crippen LogP contribution in [0.15, 0.2) is 78.9 Å². The van der Waals surface area contributed by atoms with Crippen LogP contribution in [0.2, 0.25) is 0 Å². The van der Waals surface area contributed by atoms with Crippen LogP contribution < -0.4 is 4.74 Å². The number of hydrogen-bond acceptors (Lipinski definition) is 3. The van der Waals surface area contributed by atoms with Crippen LogP contribution in [0, 0.1) is 0 Å². The normalized spacial score (nSPS) is 14.6. The second-order valence-electron chi connectivity index (χ2n) is 8.02. The zero-order valence-corrected chi connectivity index (χ0v) is 19.0. The molecule has 3 aromatic carbocycles. The molecule has 0 bridgehead atoms. The SMILES string of the molecule is CCOC(Cc1ccc(OCC=C2c3ccccc3C=C(C)c3ccccc32)cc1)C(=O)O. The Labute approximate surface area is 194 Å². The lowest BCUT2D eigenvalue weighted by Gasteiger charge is -2.14. The van der Waals surface area contributed by atoms with E-state index in [0.29, 0.717) is 19.6 Å². The minimum Gasteiger partial charge on any atom is -0.490 e. The molecule has 4 rings (SSSR count). The Kier molecular flexibility index (Phi) is 7.06. The summed E-state index contributed by atoms with van der Waals surface area (Å²) in [5.74, 6) is -0.208. The first-order chi connectivity index (χ1) is 16.1. The number of fused-ring (bicyclic) bond motifs is 2. The highest BCUT2D eigenvalue weighted by Crippen LogP contribution is 2.36. The molecular formula is C29H28O4. The van der Waals surface area contributed by atoms with Crippen molar-refractivity contribution in [3.63, 3.8) is 0 Å². The molecule has 0 spiro atoms. The summed E-state index contributed by atoms with van der Waals surface area (Å²) in [4.78, 5) is 11.3. The molecule has 1 aliphatic rings. The fourth-order valence-electron chi connectivity index (χ4n) is 4.18. The maximum Gasteiger partial charge on any atom is 0.333 e. The third-order valence-electron chi connectivity index (χ3n) is 5.79. The highest BCUT2D eigenvalue weighted by Gasteiger charge is 2.18. The van der Waals surface area contributed by atoms with Gasteiger partial charge in [0.15, 0.2) is 6.10 Å². The highest BCUT2D eigenvalue weighted by atomic mass is 16.5. The van der Waals surface area contributed by atoms with Crippen molar-refractivity contribution in [2.24, 2.45) is 0 Å². The van der Waals surface area contributed by atoms with Crippen molar-refractivity contribution in [3.8, 4) is 5.75 Å². The monoisotopic (exact) mass is 440 g/mol. The predicted molar refractivity (Wildman–Crippen MR) is 132 cm³/mol. The Balaban J connectivity index is 1.52. The van der Waals surface area contributed by atoms with E-state index < -0.39 is 12.1 Å². The lowest BCUT2D eigenvalue weighted by molar-refractivity contribution is -0.149. The van der Waals surface area contributed by atoms with Gasteiger partial charge in [0.2, 0.25) is 0 Å². The second kappa shape index (κ2) is 10.3. The molecule has 168 valence electrons. The molecule has 0 aliphatic heterocycles. The molecule has 0 saturated heterocycles. The van der Waals surface area contributed by atoms with Crippen molar-refractivity contribution in [2.45, 2.75) is 26.4 Å². The molecule has 1 unspecified atom stereocenters. The minimum atomic E-state index is -0.947. The van der Waals surface area contributed by atoms with E-state index in [0.717, 1.165) is 16.9 Å². The quantitative estimate of drug-likeness (QED) is 0.460. The topological polar surface area (TPSA) is 55.8 Å². The summed E-state index contributed by atoms with van der Waals surface area (Å²) in [5, 5.41) is 9.28. The Morgan fingerprint density at radius 3 is 2.30 bits per heavy atom. The van der Waals surface area contributed by atoms with Gasteiger partial charge in [0.05, 0.1) is 0 Å². The van der Waals surface area contributed by atoms with Gasteiger partial charge in [-0.2, -0.15) is 0 Å². The zero-order valence-electron chi connectivity index (χ0n) is 19.0. The lowest BCUT2D eigenvalue weighted by Crippen LogP contribution is -2.26. The Hall–Kier alpha value is -3.63. The van der Waals surface area contributed by atoms with Crippen molar-refractivity contribution in [1.82, 2.24) is 0 Å². The molecular weight excluding hydrogens is 412 g/mol. The first-order valence-corrected chi connectivity index (χ1v) is 11.2. The molecule has 4 heteroatoms. The molecule has 0 aromatic heterocycles. The van der Waals surface area contributed by atoms with E-state index >= 15 is 0 Å². The first-order valence-electron chi connectivity index (χ1n) is 11.2. The van der Waals surface area contributed by atoms with Crippen molar-refractivity contribution >= 4 is 23.2 Å². The maximum absolute atomic E-state index is 11.3. The van der Waals surface area contributed by atoms with Gasteiger partial charge in [0.25, 0.3) is 0 Å². The third kappa shape index (κ3) is 5.24. The number of carboxylic acid groups (broad SMARTS) is 1. The molecule has 4 nitrogen and oxygen atoms in total. The van der Waals surface area contributed by atoms with Gasteiger partial charge in [-0.25, -0.2) is 4.79 Å². The van der Waals surface area contributed by atoms with E-state index in [2.05, 4.69) is 67.6 Å². The number of allylic oxidation sites excluding steroid dienone is 1. The molecule has 0 fully saturated rings. The number of aliphatic carboxylic acids is 1. The van der Waals surface area contributed by atoms with E-state index in [9.17, 15) is 9.90 Å². The molecule has 33 heavy (non-hydrogen) atoms. The fraction of sp³-hybridized carbons (Fsp3) is 0.207.